The molecule has 1 N–H and O–H groups in total. The maximum atomic E-state index is 4.33. The van der Waals surface area contributed by atoms with Gasteiger partial charge in [0.05, 0.1) is 5.69 Å². The topological polar surface area (TPSA) is 33.1 Å². The van der Waals surface area contributed by atoms with Gasteiger partial charge in [-0.05, 0) is 27.4 Å². The second-order valence-corrected chi connectivity index (χ2v) is 4.55. The fourth-order valence-electron chi connectivity index (χ4n) is 1.77. The zero-order chi connectivity index (χ0) is 12.1. The highest BCUT2D eigenvalue weighted by Crippen LogP contribution is 2.04. The number of hydrogen-bond acceptors (Lipinski definition) is 3. The summed E-state index contributed by atoms with van der Waals surface area (Å²) in [5.74, 6) is 0. The van der Waals surface area contributed by atoms with Gasteiger partial charge in [-0.2, -0.15) is 5.10 Å². The standard InChI is InChI=1S/C12H24N4/c1-6-15(4)8-10(2)13-7-12-9-16(5)14-11(12)3/h9-10,13H,6-8H2,1-5H3. The van der Waals surface area contributed by atoms with Crippen molar-refractivity contribution >= 4 is 0 Å². The fraction of sp³-hybridized carbons (Fsp3) is 0.750. The van der Waals surface area contributed by atoms with E-state index in [4.69, 9.17) is 0 Å². The molecule has 0 spiro atoms. The summed E-state index contributed by atoms with van der Waals surface area (Å²) in [4.78, 5) is 2.31. The summed E-state index contributed by atoms with van der Waals surface area (Å²) in [6.07, 6.45) is 2.08. The molecule has 0 aromatic carbocycles. The highest BCUT2D eigenvalue weighted by molar-refractivity contribution is 5.14. The van der Waals surface area contributed by atoms with Crippen molar-refractivity contribution in [3.63, 3.8) is 0 Å². The van der Waals surface area contributed by atoms with Crippen LogP contribution in [0.3, 0.4) is 0 Å². The summed E-state index contributed by atoms with van der Waals surface area (Å²) in [7, 11) is 4.11. The Kier molecular flexibility index (Phi) is 4.96. The van der Waals surface area contributed by atoms with Crippen molar-refractivity contribution < 1.29 is 0 Å². The third-order valence-corrected chi connectivity index (χ3v) is 2.88. The van der Waals surface area contributed by atoms with Gasteiger partial charge in [0.15, 0.2) is 0 Å². The first-order valence-corrected chi connectivity index (χ1v) is 5.94. The quantitative estimate of drug-likeness (QED) is 0.787. The maximum Gasteiger partial charge on any atom is 0.0638 e. The van der Waals surface area contributed by atoms with Gasteiger partial charge in [0.2, 0.25) is 0 Å². The Balaban J connectivity index is 2.36. The average molecular weight is 224 g/mol. The van der Waals surface area contributed by atoms with Crippen LogP contribution in [0, 0.1) is 6.92 Å². The summed E-state index contributed by atoms with van der Waals surface area (Å²) in [5.41, 5.74) is 2.40. The Morgan fingerprint density at radius 3 is 2.75 bits per heavy atom. The molecule has 4 heteroatoms. The number of hydrogen-bond donors (Lipinski definition) is 1. The van der Waals surface area contributed by atoms with Crippen LogP contribution in [0.2, 0.25) is 0 Å². The Hall–Kier alpha value is -0.870. The predicted octanol–water partition coefficient (Wildman–Crippen LogP) is 1.16. The third kappa shape index (κ3) is 3.94. The number of rotatable bonds is 6. The molecule has 0 aliphatic heterocycles. The van der Waals surface area contributed by atoms with Crippen molar-refractivity contribution in [3.05, 3.63) is 17.5 Å². The number of nitrogens with zero attached hydrogens (tertiary/aromatic N) is 3. The van der Waals surface area contributed by atoms with Crippen LogP contribution in [0.5, 0.6) is 0 Å². The SMILES string of the molecule is CCN(C)CC(C)NCc1cn(C)nc1C. The van der Waals surface area contributed by atoms with E-state index < -0.39 is 0 Å². The number of aryl methyl sites for hydroxylation is 2. The molecule has 1 heterocycles. The van der Waals surface area contributed by atoms with Gasteiger partial charge in [-0.25, -0.2) is 0 Å². The number of aromatic nitrogens is 2. The Bertz CT molecular complexity index is 319. The zero-order valence-electron chi connectivity index (χ0n) is 11.1. The van der Waals surface area contributed by atoms with Gasteiger partial charge in [-0.1, -0.05) is 6.92 Å². The van der Waals surface area contributed by atoms with Crippen molar-refractivity contribution in [2.75, 3.05) is 20.1 Å². The highest BCUT2D eigenvalue weighted by Gasteiger charge is 2.07. The van der Waals surface area contributed by atoms with Crippen LogP contribution in [0.25, 0.3) is 0 Å². The Morgan fingerprint density at radius 1 is 1.56 bits per heavy atom. The van der Waals surface area contributed by atoms with Gasteiger partial charge >= 0.3 is 0 Å². The minimum atomic E-state index is 0.504. The van der Waals surface area contributed by atoms with Crippen LogP contribution in [0.4, 0.5) is 0 Å². The van der Waals surface area contributed by atoms with E-state index in [0.717, 1.165) is 25.3 Å². The molecule has 16 heavy (non-hydrogen) atoms. The van der Waals surface area contributed by atoms with Gasteiger partial charge in [0, 0.05) is 37.9 Å². The first-order chi connectivity index (χ1) is 7.52. The van der Waals surface area contributed by atoms with E-state index in [1.165, 1.54) is 5.56 Å². The molecule has 1 unspecified atom stereocenters. The van der Waals surface area contributed by atoms with E-state index in [1.807, 2.05) is 11.7 Å². The van der Waals surface area contributed by atoms with Gasteiger partial charge in [-0.15, -0.1) is 0 Å². The summed E-state index contributed by atoms with van der Waals surface area (Å²) < 4.78 is 1.87. The molecule has 0 saturated heterocycles. The van der Waals surface area contributed by atoms with Crippen molar-refractivity contribution in [1.29, 1.82) is 0 Å². The van der Waals surface area contributed by atoms with Gasteiger partial charge in [0.1, 0.15) is 0 Å². The van der Waals surface area contributed by atoms with Crippen LogP contribution in [0.1, 0.15) is 25.1 Å². The van der Waals surface area contributed by atoms with Crippen molar-refractivity contribution in [2.24, 2.45) is 7.05 Å². The van der Waals surface area contributed by atoms with Crippen LogP contribution >= 0.6 is 0 Å². The summed E-state index contributed by atoms with van der Waals surface area (Å²) in [5, 5.41) is 7.86. The lowest BCUT2D eigenvalue weighted by Crippen LogP contribution is -2.36. The molecule has 0 aliphatic rings. The van der Waals surface area contributed by atoms with E-state index in [-0.39, 0.29) is 0 Å². The molecule has 1 atom stereocenters. The van der Waals surface area contributed by atoms with Crippen molar-refractivity contribution in [2.45, 2.75) is 33.4 Å². The van der Waals surface area contributed by atoms with Crippen LogP contribution in [-0.2, 0) is 13.6 Å². The van der Waals surface area contributed by atoms with E-state index in [2.05, 4.69) is 49.3 Å². The molecule has 0 saturated carbocycles. The Labute approximate surface area is 98.6 Å². The van der Waals surface area contributed by atoms with Gasteiger partial charge < -0.3 is 10.2 Å². The molecule has 0 radical (unpaired) electrons. The second-order valence-electron chi connectivity index (χ2n) is 4.55. The largest absolute Gasteiger partial charge is 0.309 e. The summed E-state index contributed by atoms with van der Waals surface area (Å²) >= 11 is 0. The summed E-state index contributed by atoms with van der Waals surface area (Å²) in [6, 6.07) is 0.504. The normalized spacial score (nSPS) is 13.4. The smallest absolute Gasteiger partial charge is 0.0638 e. The van der Waals surface area contributed by atoms with E-state index in [9.17, 15) is 0 Å². The number of nitrogens with one attached hydrogen (secondary N) is 1. The molecule has 92 valence electrons. The minimum Gasteiger partial charge on any atom is -0.309 e. The van der Waals surface area contributed by atoms with E-state index in [1.54, 1.807) is 0 Å². The van der Waals surface area contributed by atoms with Crippen LogP contribution in [0.15, 0.2) is 6.20 Å². The molecule has 0 fully saturated rings. The Morgan fingerprint density at radius 2 is 2.25 bits per heavy atom. The van der Waals surface area contributed by atoms with Crippen LogP contribution < -0.4 is 5.32 Å². The molecule has 0 amide bonds. The number of likely N-dealkylation sites (N-methyl/N-ethyl adjacent to an activating group) is 1. The maximum absolute atomic E-state index is 4.33. The molecular weight excluding hydrogens is 200 g/mol. The lowest BCUT2D eigenvalue weighted by molar-refractivity contribution is 0.309. The minimum absolute atomic E-state index is 0.504. The first-order valence-electron chi connectivity index (χ1n) is 5.94. The predicted molar refractivity (Wildman–Crippen MR) is 67.4 cm³/mol. The molecule has 1 aromatic heterocycles. The molecule has 0 aliphatic carbocycles. The lowest BCUT2D eigenvalue weighted by atomic mass is 10.2. The third-order valence-electron chi connectivity index (χ3n) is 2.88. The zero-order valence-corrected chi connectivity index (χ0v) is 11.1. The van der Waals surface area contributed by atoms with E-state index >= 15 is 0 Å². The molecule has 0 bridgehead atoms. The van der Waals surface area contributed by atoms with Crippen molar-refractivity contribution in [3.8, 4) is 0 Å². The monoisotopic (exact) mass is 224 g/mol. The summed E-state index contributed by atoms with van der Waals surface area (Å²) in [6.45, 7) is 9.53. The lowest BCUT2D eigenvalue weighted by Gasteiger charge is -2.20. The average Bonchev–Trinajstić information content (AvgIpc) is 2.54. The van der Waals surface area contributed by atoms with Gasteiger partial charge in [0.25, 0.3) is 0 Å². The fourth-order valence-corrected chi connectivity index (χ4v) is 1.77. The van der Waals surface area contributed by atoms with Crippen LogP contribution in [-0.4, -0.2) is 40.9 Å². The van der Waals surface area contributed by atoms with Crippen molar-refractivity contribution in [1.82, 2.24) is 20.0 Å². The second kappa shape index (κ2) is 6.01. The molecule has 4 nitrogen and oxygen atoms in total. The molecular formula is C12H24N4. The molecule has 1 rings (SSSR count). The highest BCUT2D eigenvalue weighted by atomic mass is 15.3. The van der Waals surface area contributed by atoms with E-state index in [0.29, 0.717) is 6.04 Å². The van der Waals surface area contributed by atoms with Gasteiger partial charge in [-0.3, -0.25) is 4.68 Å². The first kappa shape index (κ1) is 13.2. The molecule has 1 aromatic rings.